The Morgan fingerprint density at radius 1 is 1.00 bits per heavy atom. The summed E-state index contributed by atoms with van der Waals surface area (Å²) in [5.41, 5.74) is 3.50. The number of aliphatic hydroxyl groups excluding tert-OH is 2. The first kappa shape index (κ1) is 17.8. The molecule has 0 atom stereocenters. The van der Waals surface area contributed by atoms with E-state index in [4.69, 9.17) is 4.74 Å². The molecule has 2 aromatic carbocycles. The SMILES string of the molecule is COc1ccc(-c2nn(CCO)c(=O)cc2-c2ccc(CO)cc2)cc1. The highest BCUT2D eigenvalue weighted by Crippen LogP contribution is 2.30. The van der Waals surface area contributed by atoms with Crippen molar-refractivity contribution in [3.05, 3.63) is 70.5 Å². The number of ether oxygens (including phenoxy) is 1. The molecular weight excluding hydrogens is 332 g/mol. The topological polar surface area (TPSA) is 84.6 Å². The molecule has 0 saturated carbocycles. The maximum absolute atomic E-state index is 12.3. The summed E-state index contributed by atoms with van der Waals surface area (Å²) < 4.78 is 6.45. The molecule has 0 bridgehead atoms. The summed E-state index contributed by atoms with van der Waals surface area (Å²) in [5.74, 6) is 0.728. The van der Waals surface area contributed by atoms with Gasteiger partial charge in [-0.3, -0.25) is 4.79 Å². The summed E-state index contributed by atoms with van der Waals surface area (Å²) >= 11 is 0. The fourth-order valence-corrected chi connectivity index (χ4v) is 2.72. The van der Waals surface area contributed by atoms with Crippen LogP contribution in [0, 0.1) is 0 Å². The van der Waals surface area contributed by atoms with E-state index in [2.05, 4.69) is 5.10 Å². The molecule has 0 saturated heterocycles. The smallest absolute Gasteiger partial charge is 0.267 e. The maximum atomic E-state index is 12.3. The van der Waals surface area contributed by atoms with Crippen LogP contribution in [-0.4, -0.2) is 33.7 Å². The lowest BCUT2D eigenvalue weighted by Crippen LogP contribution is -2.24. The van der Waals surface area contributed by atoms with Crippen LogP contribution in [0.3, 0.4) is 0 Å². The van der Waals surface area contributed by atoms with Crippen molar-refractivity contribution >= 4 is 0 Å². The van der Waals surface area contributed by atoms with E-state index in [1.54, 1.807) is 7.11 Å². The summed E-state index contributed by atoms with van der Waals surface area (Å²) in [4.78, 5) is 12.3. The lowest BCUT2D eigenvalue weighted by atomic mass is 9.99. The van der Waals surface area contributed by atoms with Crippen LogP contribution in [-0.2, 0) is 13.2 Å². The van der Waals surface area contributed by atoms with Gasteiger partial charge < -0.3 is 14.9 Å². The summed E-state index contributed by atoms with van der Waals surface area (Å²) in [6, 6.07) is 16.3. The van der Waals surface area contributed by atoms with Gasteiger partial charge in [-0.05, 0) is 35.4 Å². The molecule has 3 rings (SSSR count). The highest BCUT2D eigenvalue weighted by Gasteiger charge is 2.13. The molecule has 1 heterocycles. The molecule has 3 aromatic rings. The van der Waals surface area contributed by atoms with Gasteiger partial charge in [0, 0.05) is 17.2 Å². The van der Waals surface area contributed by atoms with Crippen LogP contribution in [0.5, 0.6) is 5.75 Å². The highest BCUT2D eigenvalue weighted by molar-refractivity contribution is 5.80. The number of rotatable bonds is 6. The number of hydrogen-bond acceptors (Lipinski definition) is 5. The van der Waals surface area contributed by atoms with Gasteiger partial charge >= 0.3 is 0 Å². The number of benzene rings is 2. The largest absolute Gasteiger partial charge is 0.497 e. The Morgan fingerprint density at radius 2 is 1.65 bits per heavy atom. The third-order valence-electron chi connectivity index (χ3n) is 4.12. The van der Waals surface area contributed by atoms with E-state index in [1.807, 2.05) is 48.5 Å². The minimum atomic E-state index is -0.280. The molecule has 0 fully saturated rings. The van der Waals surface area contributed by atoms with E-state index >= 15 is 0 Å². The van der Waals surface area contributed by atoms with Crippen LogP contribution < -0.4 is 10.3 Å². The molecule has 0 radical (unpaired) electrons. The summed E-state index contributed by atoms with van der Waals surface area (Å²) in [6.45, 7) is -0.0762. The van der Waals surface area contributed by atoms with Crippen LogP contribution in [0.1, 0.15) is 5.56 Å². The monoisotopic (exact) mass is 352 g/mol. The van der Waals surface area contributed by atoms with Crippen molar-refractivity contribution in [2.45, 2.75) is 13.2 Å². The molecule has 0 unspecified atom stereocenters. The summed E-state index contributed by atoms with van der Waals surface area (Å²) in [7, 11) is 1.60. The van der Waals surface area contributed by atoms with Gasteiger partial charge in [0.15, 0.2) is 0 Å². The summed E-state index contributed by atoms with van der Waals surface area (Å²) in [5, 5.41) is 22.9. The highest BCUT2D eigenvalue weighted by atomic mass is 16.5. The minimum absolute atomic E-state index is 0.0397. The second kappa shape index (κ2) is 7.95. The van der Waals surface area contributed by atoms with E-state index in [1.165, 1.54) is 10.7 Å². The van der Waals surface area contributed by atoms with E-state index in [0.29, 0.717) is 11.3 Å². The fourth-order valence-electron chi connectivity index (χ4n) is 2.72. The zero-order chi connectivity index (χ0) is 18.5. The quantitative estimate of drug-likeness (QED) is 0.709. The Bertz CT molecular complexity index is 932. The van der Waals surface area contributed by atoms with Crippen LogP contribution in [0.25, 0.3) is 22.4 Å². The number of methoxy groups -OCH3 is 1. The van der Waals surface area contributed by atoms with Crippen LogP contribution in [0.4, 0.5) is 0 Å². The molecule has 134 valence electrons. The molecule has 0 aliphatic rings. The van der Waals surface area contributed by atoms with Crippen molar-refractivity contribution in [2.75, 3.05) is 13.7 Å². The van der Waals surface area contributed by atoms with E-state index in [0.717, 1.165) is 22.4 Å². The molecule has 0 spiro atoms. The average molecular weight is 352 g/mol. The Hall–Kier alpha value is -2.96. The second-order valence-corrected chi connectivity index (χ2v) is 5.78. The van der Waals surface area contributed by atoms with Gasteiger partial charge in [-0.15, -0.1) is 0 Å². The van der Waals surface area contributed by atoms with Crippen molar-refractivity contribution in [3.8, 4) is 28.1 Å². The minimum Gasteiger partial charge on any atom is -0.497 e. The molecule has 1 aromatic heterocycles. The molecular formula is C20H20N2O4. The van der Waals surface area contributed by atoms with Crippen molar-refractivity contribution < 1.29 is 14.9 Å². The van der Waals surface area contributed by atoms with Crippen LogP contribution >= 0.6 is 0 Å². The maximum Gasteiger partial charge on any atom is 0.267 e. The van der Waals surface area contributed by atoms with Gasteiger partial charge in [-0.2, -0.15) is 5.10 Å². The van der Waals surface area contributed by atoms with Gasteiger partial charge in [0.25, 0.3) is 5.56 Å². The second-order valence-electron chi connectivity index (χ2n) is 5.78. The predicted octanol–water partition coefficient (Wildman–Crippen LogP) is 2.07. The van der Waals surface area contributed by atoms with Crippen molar-refractivity contribution in [1.29, 1.82) is 0 Å². The molecule has 0 aliphatic carbocycles. The van der Waals surface area contributed by atoms with Crippen molar-refractivity contribution in [1.82, 2.24) is 9.78 Å². The fraction of sp³-hybridized carbons (Fsp3) is 0.200. The van der Waals surface area contributed by atoms with Gasteiger partial charge in [-0.1, -0.05) is 24.3 Å². The first-order chi connectivity index (χ1) is 12.7. The van der Waals surface area contributed by atoms with Crippen molar-refractivity contribution in [3.63, 3.8) is 0 Å². The lowest BCUT2D eigenvalue weighted by Gasteiger charge is -2.13. The third-order valence-corrected chi connectivity index (χ3v) is 4.12. The Balaban J connectivity index is 2.17. The normalized spacial score (nSPS) is 10.7. The Kier molecular flexibility index (Phi) is 5.46. The molecule has 6 heteroatoms. The number of nitrogens with zero attached hydrogens (tertiary/aromatic N) is 2. The Labute approximate surface area is 150 Å². The molecule has 0 amide bonds. The molecule has 0 aliphatic heterocycles. The van der Waals surface area contributed by atoms with Gasteiger partial charge in [-0.25, -0.2) is 4.68 Å². The predicted molar refractivity (Wildman–Crippen MR) is 98.9 cm³/mol. The lowest BCUT2D eigenvalue weighted by molar-refractivity contribution is 0.266. The number of aliphatic hydroxyl groups is 2. The zero-order valence-electron chi connectivity index (χ0n) is 14.4. The van der Waals surface area contributed by atoms with Gasteiger partial charge in [0.1, 0.15) is 5.75 Å². The zero-order valence-corrected chi connectivity index (χ0v) is 14.4. The third kappa shape index (κ3) is 3.66. The summed E-state index contributed by atoms with van der Waals surface area (Å²) in [6.07, 6.45) is 0. The molecule has 6 nitrogen and oxygen atoms in total. The first-order valence-electron chi connectivity index (χ1n) is 8.24. The Morgan fingerprint density at radius 3 is 2.23 bits per heavy atom. The van der Waals surface area contributed by atoms with Crippen LogP contribution in [0.2, 0.25) is 0 Å². The molecule has 26 heavy (non-hydrogen) atoms. The first-order valence-corrected chi connectivity index (χ1v) is 8.24. The standard InChI is InChI=1S/C20H20N2O4/c1-26-17-8-6-16(7-9-17)20-18(12-19(25)22(21-20)10-11-23)15-4-2-14(13-24)3-5-15/h2-9,12,23-24H,10-11,13H2,1H3. The van der Waals surface area contributed by atoms with Gasteiger partial charge in [0.05, 0.1) is 32.6 Å². The van der Waals surface area contributed by atoms with Gasteiger partial charge in [0.2, 0.25) is 0 Å². The van der Waals surface area contributed by atoms with Crippen LogP contribution in [0.15, 0.2) is 59.4 Å². The molecule has 2 N–H and O–H groups in total. The van der Waals surface area contributed by atoms with E-state index < -0.39 is 0 Å². The average Bonchev–Trinajstić information content (AvgIpc) is 2.69. The van der Waals surface area contributed by atoms with Crippen molar-refractivity contribution in [2.24, 2.45) is 0 Å². The van der Waals surface area contributed by atoms with E-state index in [-0.39, 0.29) is 25.3 Å². The number of hydrogen-bond donors (Lipinski definition) is 2. The van der Waals surface area contributed by atoms with E-state index in [9.17, 15) is 15.0 Å². The number of aromatic nitrogens is 2.